The number of hydrogen-bond acceptors (Lipinski definition) is 3. The van der Waals surface area contributed by atoms with Crippen molar-refractivity contribution < 1.29 is 9.18 Å². The highest BCUT2D eigenvalue weighted by atomic mass is 19.1. The number of amides is 1. The number of carbonyl (C=O) groups excluding carboxylic acids is 1. The van der Waals surface area contributed by atoms with Crippen LogP contribution in [-0.4, -0.2) is 30.9 Å². The largest absolute Gasteiger partial charge is 0.345 e. The third kappa shape index (κ3) is 4.39. The molecule has 2 rings (SSSR count). The first-order chi connectivity index (χ1) is 10.6. The molecule has 1 saturated heterocycles. The SMILES string of the molecule is CC/C=C/CC(=O)N(C)CC1CNNC1c1ccc(F)cc1. The highest BCUT2D eigenvalue weighted by Gasteiger charge is 2.29. The number of nitrogens with one attached hydrogen (secondary N) is 2. The fourth-order valence-electron chi connectivity index (χ4n) is 2.69. The summed E-state index contributed by atoms with van der Waals surface area (Å²) in [5, 5.41) is 0. The van der Waals surface area contributed by atoms with Gasteiger partial charge in [-0.15, -0.1) is 0 Å². The average Bonchev–Trinajstić information content (AvgIpc) is 2.96. The summed E-state index contributed by atoms with van der Waals surface area (Å²) in [6.45, 7) is 3.50. The van der Waals surface area contributed by atoms with Crippen molar-refractivity contribution in [3.63, 3.8) is 0 Å². The van der Waals surface area contributed by atoms with Crippen LogP contribution in [0.1, 0.15) is 31.4 Å². The highest BCUT2D eigenvalue weighted by Crippen LogP contribution is 2.25. The van der Waals surface area contributed by atoms with E-state index in [1.807, 2.05) is 26.1 Å². The molecule has 1 heterocycles. The molecule has 0 aromatic heterocycles. The summed E-state index contributed by atoms with van der Waals surface area (Å²) in [5.74, 6) is 0.144. The molecule has 0 bridgehead atoms. The summed E-state index contributed by atoms with van der Waals surface area (Å²) >= 11 is 0. The highest BCUT2D eigenvalue weighted by molar-refractivity contribution is 5.77. The second kappa shape index (κ2) is 8.06. The van der Waals surface area contributed by atoms with Crippen LogP contribution >= 0.6 is 0 Å². The maximum absolute atomic E-state index is 13.0. The lowest BCUT2D eigenvalue weighted by Gasteiger charge is -2.24. The molecular weight excluding hydrogens is 281 g/mol. The summed E-state index contributed by atoms with van der Waals surface area (Å²) in [4.78, 5) is 13.9. The molecule has 0 saturated carbocycles. The Labute approximate surface area is 131 Å². The third-order valence-corrected chi connectivity index (χ3v) is 3.95. The number of benzene rings is 1. The van der Waals surface area contributed by atoms with Crippen molar-refractivity contribution >= 4 is 5.91 Å². The van der Waals surface area contributed by atoms with E-state index in [2.05, 4.69) is 10.9 Å². The van der Waals surface area contributed by atoms with Crippen LogP contribution in [0, 0.1) is 11.7 Å². The monoisotopic (exact) mass is 305 g/mol. The van der Waals surface area contributed by atoms with Crippen molar-refractivity contribution in [3.05, 3.63) is 47.8 Å². The first-order valence-electron chi connectivity index (χ1n) is 7.74. The standard InChI is InChI=1S/C17H24FN3O/c1-3-4-5-6-16(22)21(2)12-14-11-19-20-17(14)13-7-9-15(18)10-8-13/h4-5,7-10,14,17,19-20H,3,6,11-12H2,1-2H3/b5-4+. The van der Waals surface area contributed by atoms with Gasteiger partial charge in [-0.3, -0.25) is 10.2 Å². The van der Waals surface area contributed by atoms with Gasteiger partial charge < -0.3 is 4.90 Å². The smallest absolute Gasteiger partial charge is 0.226 e. The molecule has 120 valence electrons. The lowest BCUT2D eigenvalue weighted by Crippen LogP contribution is -2.34. The number of rotatable bonds is 6. The zero-order chi connectivity index (χ0) is 15.9. The molecule has 1 aromatic rings. The van der Waals surface area contributed by atoms with Crippen LogP contribution < -0.4 is 10.9 Å². The van der Waals surface area contributed by atoms with E-state index >= 15 is 0 Å². The lowest BCUT2D eigenvalue weighted by atomic mass is 9.94. The van der Waals surface area contributed by atoms with Gasteiger partial charge in [0.05, 0.1) is 6.04 Å². The molecule has 0 spiro atoms. The summed E-state index contributed by atoms with van der Waals surface area (Å²) in [5.41, 5.74) is 7.38. The van der Waals surface area contributed by atoms with Crippen molar-refractivity contribution in [2.24, 2.45) is 5.92 Å². The van der Waals surface area contributed by atoms with Crippen molar-refractivity contribution in [2.75, 3.05) is 20.1 Å². The predicted molar refractivity (Wildman–Crippen MR) is 85.5 cm³/mol. The quantitative estimate of drug-likeness (QED) is 0.793. The number of halogens is 1. The number of carbonyl (C=O) groups is 1. The second-order valence-corrected chi connectivity index (χ2v) is 5.67. The van der Waals surface area contributed by atoms with Gasteiger partial charge in [-0.2, -0.15) is 0 Å². The molecule has 1 aromatic carbocycles. The lowest BCUT2D eigenvalue weighted by molar-refractivity contribution is -0.129. The van der Waals surface area contributed by atoms with E-state index in [1.54, 1.807) is 17.0 Å². The Morgan fingerprint density at radius 2 is 2.09 bits per heavy atom. The van der Waals surface area contributed by atoms with Crippen LogP contribution in [0.2, 0.25) is 0 Å². The molecule has 2 unspecified atom stereocenters. The molecule has 2 atom stereocenters. The number of allylic oxidation sites excluding steroid dienone is 1. The maximum Gasteiger partial charge on any atom is 0.226 e. The van der Waals surface area contributed by atoms with Crippen LogP contribution in [0.5, 0.6) is 0 Å². The van der Waals surface area contributed by atoms with Gasteiger partial charge in [0, 0.05) is 32.5 Å². The van der Waals surface area contributed by atoms with E-state index in [1.165, 1.54) is 12.1 Å². The molecule has 5 heteroatoms. The molecule has 0 radical (unpaired) electrons. The minimum absolute atomic E-state index is 0.0852. The van der Waals surface area contributed by atoms with Gasteiger partial charge >= 0.3 is 0 Å². The Hall–Kier alpha value is -1.72. The van der Waals surface area contributed by atoms with Crippen LogP contribution in [0.25, 0.3) is 0 Å². The minimum atomic E-state index is -0.235. The molecule has 2 N–H and O–H groups in total. The maximum atomic E-state index is 13.0. The van der Waals surface area contributed by atoms with Crippen LogP contribution in [0.15, 0.2) is 36.4 Å². The fourth-order valence-corrected chi connectivity index (χ4v) is 2.69. The van der Waals surface area contributed by atoms with Gasteiger partial charge in [0.2, 0.25) is 5.91 Å². The van der Waals surface area contributed by atoms with Gasteiger partial charge in [-0.05, 0) is 24.1 Å². The molecule has 4 nitrogen and oxygen atoms in total. The van der Waals surface area contributed by atoms with Gasteiger partial charge in [0.1, 0.15) is 5.82 Å². The van der Waals surface area contributed by atoms with Crippen LogP contribution in [0.3, 0.4) is 0 Å². The average molecular weight is 305 g/mol. The van der Waals surface area contributed by atoms with Crippen molar-refractivity contribution in [3.8, 4) is 0 Å². The summed E-state index contributed by atoms with van der Waals surface area (Å²) in [6.07, 6.45) is 5.31. The van der Waals surface area contributed by atoms with Gasteiger partial charge in [0.15, 0.2) is 0 Å². The molecule has 1 amide bonds. The van der Waals surface area contributed by atoms with E-state index in [-0.39, 0.29) is 23.7 Å². The fraction of sp³-hybridized carbons (Fsp3) is 0.471. The zero-order valence-corrected chi connectivity index (χ0v) is 13.2. The van der Waals surface area contributed by atoms with Crippen molar-refractivity contribution in [2.45, 2.75) is 25.8 Å². The number of hydrazine groups is 1. The van der Waals surface area contributed by atoms with Gasteiger partial charge in [-0.25, -0.2) is 9.82 Å². The van der Waals surface area contributed by atoms with E-state index < -0.39 is 0 Å². The predicted octanol–water partition coefficient (Wildman–Crippen LogP) is 2.41. The molecular formula is C17H24FN3O. The Kier molecular flexibility index (Phi) is 6.10. The van der Waals surface area contributed by atoms with Crippen molar-refractivity contribution in [1.29, 1.82) is 0 Å². The molecule has 1 fully saturated rings. The Bertz CT molecular complexity index is 515. The Morgan fingerprint density at radius 1 is 1.36 bits per heavy atom. The zero-order valence-electron chi connectivity index (χ0n) is 13.2. The molecule has 0 aliphatic carbocycles. The van der Waals surface area contributed by atoms with E-state index in [9.17, 15) is 9.18 Å². The third-order valence-electron chi connectivity index (χ3n) is 3.95. The number of hydrogen-bond donors (Lipinski definition) is 2. The van der Waals surface area contributed by atoms with Crippen LogP contribution in [0.4, 0.5) is 4.39 Å². The normalized spacial score (nSPS) is 21.4. The second-order valence-electron chi connectivity index (χ2n) is 5.67. The Balaban J connectivity index is 1.94. The van der Waals surface area contributed by atoms with Crippen molar-refractivity contribution in [1.82, 2.24) is 15.8 Å². The summed E-state index contributed by atoms with van der Waals surface area (Å²) in [6, 6.07) is 6.60. The summed E-state index contributed by atoms with van der Waals surface area (Å²) in [7, 11) is 1.84. The first kappa shape index (κ1) is 16.6. The molecule has 1 aliphatic rings. The van der Waals surface area contributed by atoms with Gasteiger partial charge in [-0.1, -0.05) is 31.2 Å². The topological polar surface area (TPSA) is 44.4 Å². The number of nitrogens with zero attached hydrogens (tertiary/aromatic N) is 1. The van der Waals surface area contributed by atoms with E-state index in [0.717, 1.165) is 18.5 Å². The first-order valence-corrected chi connectivity index (χ1v) is 7.74. The Morgan fingerprint density at radius 3 is 2.77 bits per heavy atom. The van der Waals surface area contributed by atoms with E-state index in [4.69, 9.17) is 0 Å². The van der Waals surface area contributed by atoms with Crippen LogP contribution in [-0.2, 0) is 4.79 Å². The molecule has 1 aliphatic heterocycles. The van der Waals surface area contributed by atoms with Gasteiger partial charge in [0.25, 0.3) is 0 Å². The summed E-state index contributed by atoms with van der Waals surface area (Å²) < 4.78 is 13.0. The van der Waals surface area contributed by atoms with E-state index in [0.29, 0.717) is 13.0 Å². The molecule has 22 heavy (non-hydrogen) atoms. The minimum Gasteiger partial charge on any atom is -0.345 e.